The van der Waals surface area contributed by atoms with Crippen molar-refractivity contribution in [2.24, 2.45) is 5.41 Å². The molecular weight excluding hydrogens is 492 g/mol. The standard InChI is InChI=1S/C31H44N4O4/c1-31(2,3)30(38)35-17-6-12-27(35)29(37)34-26(20-22-13-14-23-9-4-5-10-24(23)19-22)28(36)33-16-8-15-32-21-25-11-7-18-39-25/h4-5,9-10,13-14,19,25-27,32H,6-8,11-12,15-18,20-21H2,1-3H3,(H,33,36)(H,34,37). The number of nitrogens with one attached hydrogen (secondary N) is 3. The first-order valence-electron chi connectivity index (χ1n) is 14.4. The lowest BCUT2D eigenvalue weighted by molar-refractivity contribution is -0.145. The minimum atomic E-state index is -0.731. The minimum absolute atomic E-state index is 0.0359. The Balaban J connectivity index is 1.38. The SMILES string of the molecule is CC(C)(C)C(=O)N1CCCC1C(=O)NC(Cc1ccc2ccccc2c1)C(=O)NCCCNCC1CCCO1. The molecule has 2 fully saturated rings. The highest BCUT2D eigenvalue weighted by Gasteiger charge is 2.39. The van der Waals surface area contributed by atoms with Gasteiger partial charge in [-0.25, -0.2) is 0 Å². The second kappa shape index (κ2) is 13.4. The van der Waals surface area contributed by atoms with Crippen LogP contribution in [-0.2, 0) is 25.5 Å². The number of benzene rings is 2. The van der Waals surface area contributed by atoms with Crippen LogP contribution >= 0.6 is 0 Å². The van der Waals surface area contributed by atoms with E-state index in [4.69, 9.17) is 4.74 Å². The minimum Gasteiger partial charge on any atom is -0.377 e. The highest BCUT2D eigenvalue weighted by molar-refractivity contribution is 5.93. The zero-order valence-electron chi connectivity index (χ0n) is 23.6. The van der Waals surface area contributed by atoms with Crippen molar-refractivity contribution in [2.45, 2.75) is 77.5 Å². The fourth-order valence-corrected chi connectivity index (χ4v) is 5.41. The van der Waals surface area contributed by atoms with Crippen LogP contribution in [0.15, 0.2) is 42.5 Å². The Labute approximate surface area is 232 Å². The maximum Gasteiger partial charge on any atom is 0.243 e. The van der Waals surface area contributed by atoms with Crippen LogP contribution in [-0.4, -0.2) is 73.6 Å². The second-order valence-corrected chi connectivity index (χ2v) is 11.8. The van der Waals surface area contributed by atoms with Gasteiger partial charge in [0.1, 0.15) is 12.1 Å². The summed E-state index contributed by atoms with van der Waals surface area (Å²) in [6.07, 6.45) is 5.05. The zero-order valence-corrected chi connectivity index (χ0v) is 23.6. The second-order valence-electron chi connectivity index (χ2n) is 11.8. The molecule has 3 amide bonds. The summed E-state index contributed by atoms with van der Waals surface area (Å²) in [6.45, 7) is 9.15. The molecule has 212 valence electrons. The Morgan fingerprint density at radius 1 is 1.03 bits per heavy atom. The van der Waals surface area contributed by atoms with Crippen molar-refractivity contribution in [3.05, 3.63) is 48.0 Å². The van der Waals surface area contributed by atoms with Crippen LogP contribution in [0.5, 0.6) is 0 Å². The van der Waals surface area contributed by atoms with Gasteiger partial charge in [-0.3, -0.25) is 14.4 Å². The van der Waals surface area contributed by atoms with Crippen molar-refractivity contribution < 1.29 is 19.1 Å². The summed E-state index contributed by atoms with van der Waals surface area (Å²) >= 11 is 0. The fourth-order valence-electron chi connectivity index (χ4n) is 5.41. The molecule has 2 heterocycles. The van der Waals surface area contributed by atoms with E-state index in [0.29, 0.717) is 32.0 Å². The lowest BCUT2D eigenvalue weighted by atomic mass is 9.94. The summed E-state index contributed by atoms with van der Waals surface area (Å²) in [7, 11) is 0. The molecule has 0 radical (unpaired) electrons. The molecule has 0 bridgehead atoms. The van der Waals surface area contributed by atoms with Crippen LogP contribution in [0.1, 0.15) is 58.4 Å². The summed E-state index contributed by atoms with van der Waals surface area (Å²) in [4.78, 5) is 41.4. The van der Waals surface area contributed by atoms with Crippen molar-refractivity contribution in [1.29, 1.82) is 0 Å². The number of nitrogens with zero attached hydrogens (tertiary/aromatic N) is 1. The Kier molecular flexibility index (Phi) is 9.97. The van der Waals surface area contributed by atoms with Gasteiger partial charge in [0, 0.05) is 38.1 Å². The number of fused-ring (bicyclic) bond motifs is 1. The summed E-state index contributed by atoms with van der Waals surface area (Å²) in [5, 5.41) is 11.6. The fraction of sp³-hybridized carbons (Fsp3) is 0.581. The predicted molar refractivity (Wildman–Crippen MR) is 153 cm³/mol. The lowest BCUT2D eigenvalue weighted by Crippen LogP contribution is -2.55. The van der Waals surface area contributed by atoms with E-state index < -0.39 is 17.5 Å². The Hall–Kier alpha value is -2.97. The van der Waals surface area contributed by atoms with E-state index in [1.54, 1.807) is 4.90 Å². The number of likely N-dealkylation sites (tertiary alicyclic amines) is 1. The van der Waals surface area contributed by atoms with Crippen LogP contribution in [0.2, 0.25) is 0 Å². The summed E-state index contributed by atoms with van der Waals surface area (Å²) in [6, 6.07) is 12.9. The van der Waals surface area contributed by atoms with Crippen LogP contribution in [0.4, 0.5) is 0 Å². The molecule has 2 aliphatic heterocycles. The average molecular weight is 537 g/mol. The van der Waals surface area contributed by atoms with Gasteiger partial charge in [0.25, 0.3) is 0 Å². The van der Waals surface area contributed by atoms with Crippen LogP contribution in [0, 0.1) is 5.41 Å². The normalized spacial score (nSPS) is 20.2. The molecule has 3 atom stereocenters. The highest BCUT2D eigenvalue weighted by Crippen LogP contribution is 2.26. The van der Waals surface area contributed by atoms with Gasteiger partial charge in [-0.2, -0.15) is 0 Å². The number of carbonyl (C=O) groups is 3. The molecular formula is C31H44N4O4. The van der Waals surface area contributed by atoms with E-state index in [2.05, 4.69) is 28.1 Å². The van der Waals surface area contributed by atoms with Crippen molar-refractivity contribution >= 4 is 28.5 Å². The van der Waals surface area contributed by atoms with Crippen molar-refractivity contribution in [2.75, 3.05) is 32.8 Å². The Morgan fingerprint density at radius 2 is 1.82 bits per heavy atom. The maximum atomic E-state index is 13.4. The van der Waals surface area contributed by atoms with Gasteiger partial charge in [0.2, 0.25) is 17.7 Å². The first-order chi connectivity index (χ1) is 18.7. The summed E-state index contributed by atoms with van der Waals surface area (Å²) in [5.41, 5.74) is 0.407. The van der Waals surface area contributed by atoms with Crippen LogP contribution < -0.4 is 16.0 Å². The summed E-state index contributed by atoms with van der Waals surface area (Å²) in [5.74, 6) is -0.502. The molecule has 2 aliphatic rings. The number of ether oxygens (including phenoxy) is 1. The number of rotatable bonds is 11. The number of hydrogen-bond donors (Lipinski definition) is 3. The van der Waals surface area contributed by atoms with Crippen LogP contribution in [0.25, 0.3) is 10.8 Å². The van der Waals surface area contributed by atoms with Crippen molar-refractivity contribution in [1.82, 2.24) is 20.9 Å². The molecule has 4 rings (SSSR count). The van der Waals surface area contributed by atoms with E-state index in [-0.39, 0.29) is 17.7 Å². The molecule has 2 aromatic rings. The molecule has 2 saturated heterocycles. The topological polar surface area (TPSA) is 99.8 Å². The van der Waals surface area contributed by atoms with Crippen LogP contribution in [0.3, 0.4) is 0 Å². The monoisotopic (exact) mass is 536 g/mol. The highest BCUT2D eigenvalue weighted by atomic mass is 16.5. The number of amides is 3. The first kappa shape index (κ1) is 29.0. The van der Waals surface area contributed by atoms with E-state index >= 15 is 0 Å². The van der Waals surface area contributed by atoms with E-state index in [0.717, 1.165) is 61.7 Å². The van der Waals surface area contributed by atoms with Gasteiger partial charge in [-0.1, -0.05) is 63.2 Å². The van der Waals surface area contributed by atoms with Gasteiger partial charge in [-0.05, 0) is 55.0 Å². The molecule has 0 aromatic heterocycles. The van der Waals surface area contributed by atoms with E-state index in [1.807, 2.05) is 51.1 Å². The van der Waals surface area contributed by atoms with E-state index in [1.165, 1.54) is 0 Å². The third kappa shape index (κ3) is 8.02. The molecule has 8 nitrogen and oxygen atoms in total. The summed E-state index contributed by atoms with van der Waals surface area (Å²) < 4.78 is 5.64. The Bertz CT molecular complexity index is 1140. The van der Waals surface area contributed by atoms with Gasteiger partial charge < -0.3 is 25.6 Å². The molecule has 0 saturated carbocycles. The smallest absolute Gasteiger partial charge is 0.243 e. The maximum absolute atomic E-state index is 13.4. The number of hydrogen-bond acceptors (Lipinski definition) is 5. The predicted octanol–water partition coefficient (Wildman–Crippen LogP) is 3.18. The van der Waals surface area contributed by atoms with E-state index in [9.17, 15) is 14.4 Å². The molecule has 3 unspecified atom stereocenters. The molecule has 39 heavy (non-hydrogen) atoms. The first-order valence-corrected chi connectivity index (χ1v) is 14.4. The van der Waals surface area contributed by atoms with Gasteiger partial charge in [-0.15, -0.1) is 0 Å². The molecule has 2 aromatic carbocycles. The third-order valence-corrected chi connectivity index (χ3v) is 7.57. The molecule has 8 heteroatoms. The van der Waals surface area contributed by atoms with Crippen molar-refractivity contribution in [3.8, 4) is 0 Å². The van der Waals surface area contributed by atoms with Gasteiger partial charge in [0.05, 0.1) is 6.10 Å². The lowest BCUT2D eigenvalue weighted by Gasteiger charge is -2.31. The third-order valence-electron chi connectivity index (χ3n) is 7.57. The number of carbonyl (C=O) groups excluding carboxylic acids is 3. The molecule has 3 N–H and O–H groups in total. The molecule has 0 spiro atoms. The average Bonchev–Trinajstić information content (AvgIpc) is 3.61. The largest absolute Gasteiger partial charge is 0.377 e. The quantitative estimate of drug-likeness (QED) is 0.383. The van der Waals surface area contributed by atoms with Gasteiger partial charge in [0.15, 0.2) is 0 Å². The van der Waals surface area contributed by atoms with Gasteiger partial charge >= 0.3 is 0 Å². The Morgan fingerprint density at radius 3 is 2.56 bits per heavy atom. The molecule has 0 aliphatic carbocycles. The van der Waals surface area contributed by atoms with Crippen molar-refractivity contribution in [3.63, 3.8) is 0 Å². The zero-order chi connectivity index (χ0) is 27.8.